The van der Waals surface area contributed by atoms with Crippen LogP contribution < -0.4 is 10.1 Å². The van der Waals surface area contributed by atoms with Gasteiger partial charge >= 0.3 is 12.8 Å². The van der Waals surface area contributed by atoms with E-state index in [-0.39, 0.29) is 27.5 Å². The van der Waals surface area contributed by atoms with E-state index in [0.717, 1.165) is 18.6 Å². The molecule has 4 aromatic rings. The highest BCUT2D eigenvalue weighted by Crippen LogP contribution is 2.38. The van der Waals surface area contributed by atoms with E-state index in [9.17, 15) is 22.0 Å². The van der Waals surface area contributed by atoms with Crippen LogP contribution in [0, 0.1) is 0 Å². The van der Waals surface area contributed by atoms with Crippen LogP contribution in [0.5, 0.6) is 5.75 Å². The zero-order chi connectivity index (χ0) is 24.5. The molecule has 3 heterocycles. The Labute approximate surface area is 194 Å². The minimum Gasteiger partial charge on any atom is -0.433 e. The van der Waals surface area contributed by atoms with Gasteiger partial charge in [-0.05, 0) is 31.2 Å². The maximum atomic E-state index is 13.5. The van der Waals surface area contributed by atoms with Gasteiger partial charge in [0.1, 0.15) is 23.6 Å². The average Bonchev–Trinajstić information content (AvgIpc) is 2.78. The van der Waals surface area contributed by atoms with Crippen LogP contribution in [0.1, 0.15) is 24.2 Å². The summed E-state index contributed by atoms with van der Waals surface area (Å²) in [6, 6.07) is 4.28. The predicted molar refractivity (Wildman–Crippen MR) is 113 cm³/mol. The predicted octanol–water partition coefficient (Wildman–Crippen LogP) is 5.93. The molecule has 0 amide bonds. The van der Waals surface area contributed by atoms with E-state index in [4.69, 9.17) is 11.6 Å². The highest BCUT2D eigenvalue weighted by Gasteiger charge is 2.34. The molecule has 3 aromatic heterocycles. The van der Waals surface area contributed by atoms with Gasteiger partial charge in [-0.1, -0.05) is 11.6 Å². The number of fused-ring (bicyclic) bond motifs is 1. The Balaban J connectivity index is 1.70. The lowest BCUT2D eigenvalue weighted by atomic mass is 10.1. The monoisotopic (exact) mass is 496 g/mol. The first-order chi connectivity index (χ1) is 16.1. The average molecular weight is 497 g/mol. The maximum Gasteiger partial charge on any atom is 0.418 e. The van der Waals surface area contributed by atoms with E-state index in [2.05, 4.69) is 35.0 Å². The van der Waals surface area contributed by atoms with Gasteiger partial charge in [-0.25, -0.2) is 9.97 Å². The number of ether oxygens (including phenoxy) is 1. The Morgan fingerprint density at radius 1 is 1.00 bits per heavy atom. The van der Waals surface area contributed by atoms with Crippen molar-refractivity contribution < 1.29 is 26.7 Å². The number of benzene rings is 1. The van der Waals surface area contributed by atoms with Crippen molar-refractivity contribution in [2.45, 2.75) is 25.8 Å². The quantitative estimate of drug-likeness (QED) is 0.331. The van der Waals surface area contributed by atoms with Crippen LogP contribution in [0.4, 0.5) is 27.8 Å². The molecule has 34 heavy (non-hydrogen) atoms. The highest BCUT2D eigenvalue weighted by atomic mass is 35.5. The van der Waals surface area contributed by atoms with Gasteiger partial charge in [-0.15, -0.1) is 0 Å². The molecule has 1 N–H and O–H groups in total. The van der Waals surface area contributed by atoms with Gasteiger partial charge in [0, 0.05) is 22.8 Å². The summed E-state index contributed by atoms with van der Waals surface area (Å²) in [6.45, 7) is -1.29. The van der Waals surface area contributed by atoms with Crippen LogP contribution in [0.3, 0.4) is 0 Å². The topological polar surface area (TPSA) is 85.7 Å². The summed E-state index contributed by atoms with van der Waals surface area (Å²) in [5.74, 6) is -0.0177. The number of halogens is 6. The second-order valence-electron chi connectivity index (χ2n) is 6.98. The number of nitrogens with one attached hydrogen (secondary N) is 1. The molecule has 0 aliphatic rings. The van der Waals surface area contributed by atoms with Crippen molar-refractivity contribution in [1.82, 2.24) is 24.9 Å². The second-order valence-corrected chi connectivity index (χ2v) is 7.42. The summed E-state index contributed by atoms with van der Waals surface area (Å²) in [6.07, 6.45) is 0.330. The van der Waals surface area contributed by atoms with Crippen LogP contribution in [0.2, 0.25) is 5.02 Å². The van der Waals surface area contributed by atoms with Crippen LogP contribution >= 0.6 is 11.6 Å². The van der Waals surface area contributed by atoms with Crippen molar-refractivity contribution in [3.63, 3.8) is 0 Å². The lowest BCUT2D eigenvalue weighted by molar-refractivity contribution is -0.136. The highest BCUT2D eigenvalue weighted by molar-refractivity contribution is 6.31. The van der Waals surface area contributed by atoms with Gasteiger partial charge in [-0.3, -0.25) is 15.0 Å². The first kappa shape index (κ1) is 23.5. The summed E-state index contributed by atoms with van der Waals surface area (Å²) in [5.41, 5.74) is -0.241. The largest absolute Gasteiger partial charge is 0.433 e. The second kappa shape index (κ2) is 9.29. The SMILES string of the molecule is CC(Nc1ncnc2c(C(F)(F)F)cc(Cl)cc12)c1nccnc1-c1ccc(OC(F)F)cn1. The molecule has 0 spiro atoms. The zero-order valence-corrected chi connectivity index (χ0v) is 17.9. The fourth-order valence-corrected chi connectivity index (χ4v) is 3.51. The van der Waals surface area contributed by atoms with E-state index in [1.807, 2.05) is 0 Å². The molecule has 0 aliphatic carbocycles. The van der Waals surface area contributed by atoms with E-state index in [1.165, 1.54) is 30.6 Å². The van der Waals surface area contributed by atoms with Gasteiger partial charge < -0.3 is 10.1 Å². The first-order valence-electron chi connectivity index (χ1n) is 9.63. The number of alkyl halides is 5. The summed E-state index contributed by atoms with van der Waals surface area (Å²) in [7, 11) is 0. The fourth-order valence-electron chi connectivity index (χ4n) is 3.29. The van der Waals surface area contributed by atoms with Crippen LogP contribution in [-0.2, 0) is 6.18 Å². The first-order valence-corrected chi connectivity index (χ1v) is 10.0. The Morgan fingerprint density at radius 3 is 2.44 bits per heavy atom. The van der Waals surface area contributed by atoms with Crippen LogP contribution in [0.25, 0.3) is 22.3 Å². The normalized spacial score (nSPS) is 12.7. The number of anilines is 1. The van der Waals surface area contributed by atoms with E-state index in [0.29, 0.717) is 17.1 Å². The van der Waals surface area contributed by atoms with E-state index < -0.39 is 24.4 Å². The molecule has 0 fully saturated rings. The Kier molecular flexibility index (Phi) is 6.42. The molecule has 4 rings (SSSR count). The summed E-state index contributed by atoms with van der Waals surface area (Å²) in [5, 5.41) is 2.97. The molecule has 0 bridgehead atoms. The molecule has 0 saturated carbocycles. The smallest absolute Gasteiger partial charge is 0.418 e. The lowest BCUT2D eigenvalue weighted by Gasteiger charge is -2.18. The van der Waals surface area contributed by atoms with Crippen LogP contribution in [-0.4, -0.2) is 31.5 Å². The molecule has 7 nitrogen and oxygen atoms in total. The number of hydrogen-bond donors (Lipinski definition) is 1. The van der Waals surface area contributed by atoms with Crippen molar-refractivity contribution in [1.29, 1.82) is 0 Å². The molecule has 1 atom stereocenters. The van der Waals surface area contributed by atoms with Crippen molar-refractivity contribution in [3.8, 4) is 17.1 Å². The Morgan fingerprint density at radius 2 is 1.76 bits per heavy atom. The number of pyridine rings is 1. The molecule has 0 radical (unpaired) electrons. The molecule has 0 aliphatic heterocycles. The lowest BCUT2D eigenvalue weighted by Crippen LogP contribution is -2.13. The molecule has 1 aromatic carbocycles. The number of hydrogen-bond acceptors (Lipinski definition) is 7. The van der Waals surface area contributed by atoms with Crippen molar-refractivity contribution in [2.75, 3.05) is 5.32 Å². The van der Waals surface area contributed by atoms with E-state index >= 15 is 0 Å². The Hall–Kier alpha value is -3.67. The molecule has 0 saturated heterocycles. The van der Waals surface area contributed by atoms with Crippen molar-refractivity contribution in [2.24, 2.45) is 0 Å². The van der Waals surface area contributed by atoms with Gasteiger partial charge in [0.15, 0.2) is 0 Å². The standard InChI is InChI=1S/C21H14ClF5N6O/c1-10(16-18(29-5-4-28-16)15-3-2-12(8-30-15)34-20(23)24)33-19-13-6-11(22)7-14(21(25,26)27)17(13)31-9-32-19/h2-10,20H,1H3,(H,31,32,33). The van der Waals surface area contributed by atoms with E-state index in [1.54, 1.807) is 6.92 Å². The van der Waals surface area contributed by atoms with Crippen molar-refractivity contribution in [3.05, 3.63) is 65.5 Å². The third-order valence-electron chi connectivity index (χ3n) is 4.70. The van der Waals surface area contributed by atoms with Gasteiger partial charge in [-0.2, -0.15) is 22.0 Å². The zero-order valence-electron chi connectivity index (χ0n) is 17.2. The number of aromatic nitrogens is 5. The fraction of sp³-hybridized carbons (Fsp3) is 0.190. The number of nitrogens with zero attached hydrogens (tertiary/aromatic N) is 5. The van der Waals surface area contributed by atoms with Gasteiger partial charge in [0.25, 0.3) is 0 Å². The molecular weight excluding hydrogens is 483 g/mol. The number of rotatable bonds is 6. The minimum absolute atomic E-state index is 0.0752. The summed E-state index contributed by atoms with van der Waals surface area (Å²) >= 11 is 5.93. The van der Waals surface area contributed by atoms with Crippen LogP contribution in [0.15, 0.2) is 49.2 Å². The maximum absolute atomic E-state index is 13.5. The molecule has 176 valence electrons. The molecule has 1 unspecified atom stereocenters. The minimum atomic E-state index is -4.66. The van der Waals surface area contributed by atoms with Gasteiger partial charge in [0.05, 0.1) is 34.7 Å². The summed E-state index contributed by atoms with van der Waals surface area (Å²) in [4.78, 5) is 20.5. The van der Waals surface area contributed by atoms with Gasteiger partial charge in [0.2, 0.25) is 0 Å². The van der Waals surface area contributed by atoms with Crippen molar-refractivity contribution >= 4 is 28.3 Å². The molecular formula is C21H14ClF5N6O. The Bertz CT molecular complexity index is 1320. The third kappa shape index (κ3) is 4.96. The molecule has 13 heteroatoms. The third-order valence-corrected chi connectivity index (χ3v) is 4.92. The summed E-state index contributed by atoms with van der Waals surface area (Å²) < 4.78 is 69.5.